The fourth-order valence-electron chi connectivity index (χ4n) is 5.20. The molecule has 0 aliphatic heterocycles. The maximum absolute atomic E-state index is 9.34. The molecular formula is C20H27N3. The molecule has 0 bridgehead atoms. The molecule has 2 atom stereocenters. The molecule has 2 aliphatic carbocycles. The van der Waals surface area contributed by atoms with Crippen molar-refractivity contribution in [3.8, 4) is 6.07 Å². The second-order valence-corrected chi connectivity index (χ2v) is 7.63. The summed E-state index contributed by atoms with van der Waals surface area (Å²) in [5.41, 5.74) is 3.29. The molecule has 1 aromatic rings. The lowest BCUT2D eigenvalue weighted by atomic mass is 9.55. The van der Waals surface area contributed by atoms with E-state index in [1.165, 1.54) is 36.9 Å². The first-order chi connectivity index (χ1) is 10.9. The minimum atomic E-state index is -0.187. The van der Waals surface area contributed by atoms with E-state index in [2.05, 4.69) is 37.9 Å². The van der Waals surface area contributed by atoms with Gasteiger partial charge in [0.1, 0.15) is 0 Å². The van der Waals surface area contributed by atoms with Crippen LogP contribution >= 0.6 is 0 Å². The van der Waals surface area contributed by atoms with Gasteiger partial charge in [-0.05, 0) is 49.5 Å². The largest absolute Gasteiger partial charge is 0.275 e. The van der Waals surface area contributed by atoms with Crippen molar-refractivity contribution in [2.45, 2.75) is 57.8 Å². The second-order valence-electron chi connectivity index (χ2n) is 7.63. The van der Waals surface area contributed by atoms with E-state index in [0.29, 0.717) is 5.92 Å². The molecule has 3 heteroatoms. The van der Waals surface area contributed by atoms with Gasteiger partial charge >= 0.3 is 0 Å². The number of aromatic nitrogens is 2. The zero-order valence-electron chi connectivity index (χ0n) is 14.6. The number of hydrogen-bond donors (Lipinski definition) is 0. The zero-order valence-corrected chi connectivity index (χ0v) is 14.6. The van der Waals surface area contributed by atoms with Crippen LogP contribution in [0.15, 0.2) is 30.5 Å². The molecule has 0 spiro atoms. The molecule has 3 rings (SSSR count). The highest BCUT2D eigenvalue weighted by atomic mass is 15.3. The number of fused-ring (bicyclic) bond motifs is 1. The van der Waals surface area contributed by atoms with E-state index in [4.69, 9.17) is 5.10 Å². The van der Waals surface area contributed by atoms with Crippen LogP contribution in [0.3, 0.4) is 0 Å². The van der Waals surface area contributed by atoms with Crippen LogP contribution in [-0.2, 0) is 18.9 Å². The van der Waals surface area contributed by atoms with E-state index in [1.54, 1.807) is 0 Å². The Morgan fingerprint density at radius 1 is 1.48 bits per heavy atom. The van der Waals surface area contributed by atoms with Crippen LogP contribution in [0.1, 0.15) is 57.2 Å². The molecule has 0 N–H and O–H groups in total. The van der Waals surface area contributed by atoms with Gasteiger partial charge in [-0.15, -0.1) is 6.58 Å². The molecule has 2 unspecified atom stereocenters. The summed E-state index contributed by atoms with van der Waals surface area (Å²) in [5, 5.41) is 14.1. The van der Waals surface area contributed by atoms with Crippen molar-refractivity contribution in [3.05, 3.63) is 41.8 Å². The zero-order chi connectivity index (χ0) is 16.7. The molecule has 3 nitrogen and oxygen atoms in total. The Hall–Kier alpha value is -1.82. The monoisotopic (exact) mass is 309 g/mol. The van der Waals surface area contributed by atoms with Crippen LogP contribution in [0.2, 0.25) is 0 Å². The van der Waals surface area contributed by atoms with Crippen molar-refractivity contribution in [3.63, 3.8) is 0 Å². The van der Waals surface area contributed by atoms with E-state index in [9.17, 15) is 5.26 Å². The van der Waals surface area contributed by atoms with E-state index in [0.717, 1.165) is 18.4 Å². The first-order valence-corrected chi connectivity index (χ1v) is 8.71. The highest BCUT2D eigenvalue weighted by Gasteiger charge is 2.51. The fraction of sp³-hybridized carbons (Fsp3) is 0.600. The quantitative estimate of drug-likeness (QED) is 0.611. The summed E-state index contributed by atoms with van der Waals surface area (Å²) >= 11 is 0. The van der Waals surface area contributed by atoms with Gasteiger partial charge in [0, 0.05) is 24.2 Å². The minimum absolute atomic E-state index is 0.187. The SMILES string of the molecule is C=CC1(C2CCc3cn(C)nc3C2(C)/C=C(\C)C#N)CCCC1. The lowest BCUT2D eigenvalue weighted by Gasteiger charge is -2.48. The van der Waals surface area contributed by atoms with E-state index >= 15 is 0 Å². The molecule has 0 aromatic carbocycles. The Morgan fingerprint density at radius 2 is 2.17 bits per heavy atom. The van der Waals surface area contributed by atoms with E-state index in [-0.39, 0.29) is 10.8 Å². The normalized spacial score (nSPS) is 29.8. The molecule has 1 fully saturated rings. The van der Waals surface area contributed by atoms with E-state index in [1.807, 2.05) is 18.7 Å². The summed E-state index contributed by atoms with van der Waals surface area (Å²) in [6.07, 6.45) is 13.8. The Labute approximate surface area is 139 Å². The Morgan fingerprint density at radius 3 is 2.78 bits per heavy atom. The molecule has 1 aromatic heterocycles. The van der Waals surface area contributed by atoms with Gasteiger partial charge in [-0.2, -0.15) is 10.4 Å². The second kappa shape index (κ2) is 5.67. The minimum Gasteiger partial charge on any atom is -0.275 e. The first-order valence-electron chi connectivity index (χ1n) is 8.71. The summed E-state index contributed by atoms with van der Waals surface area (Å²) in [7, 11) is 1.99. The number of allylic oxidation sites excluding steroid dienone is 3. The van der Waals surface area contributed by atoms with Gasteiger partial charge in [-0.25, -0.2) is 0 Å². The van der Waals surface area contributed by atoms with Gasteiger partial charge in [0.05, 0.1) is 11.8 Å². The summed E-state index contributed by atoms with van der Waals surface area (Å²) in [6, 6.07) is 2.32. The molecule has 1 saturated carbocycles. The van der Waals surface area contributed by atoms with Gasteiger partial charge in [0.2, 0.25) is 0 Å². The number of aryl methyl sites for hydroxylation is 2. The predicted octanol–water partition coefficient (Wildman–Crippen LogP) is 4.46. The predicted molar refractivity (Wildman–Crippen MR) is 92.8 cm³/mol. The Bertz CT molecular complexity index is 682. The third kappa shape index (κ3) is 2.45. The number of rotatable bonds is 3. The Kier molecular flexibility index (Phi) is 3.96. The first kappa shape index (κ1) is 16.1. The molecule has 2 aliphatic rings. The van der Waals surface area contributed by atoms with Crippen LogP contribution in [0.4, 0.5) is 0 Å². The van der Waals surface area contributed by atoms with Crippen LogP contribution in [0.25, 0.3) is 0 Å². The van der Waals surface area contributed by atoms with Gasteiger partial charge in [-0.1, -0.05) is 31.9 Å². The average molecular weight is 309 g/mol. The van der Waals surface area contributed by atoms with Crippen LogP contribution in [0.5, 0.6) is 0 Å². The van der Waals surface area contributed by atoms with E-state index < -0.39 is 0 Å². The standard InChI is InChI=1S/C20H27N3/c1-5-20(10-6-7-11-20)17-9-8-16-14-23(4)22-18(16)19(17,3)12-15(2)13-21/h5,12,14,17H,1,6-11H2,2-4H3/b15-12+. The van der Waals surface area contributed by atoms with Crippen molar-refractivity contribution in [2.75, 3.05) is 0 Å². The number of nitriles is 1. The summed E-state index contributed by atoms with van der Waals surface area (Å²) in [5.74, 6) is 0.473. The summed E-state index contributed by atoms with van der Waals surface area (Å²) < 4.78 is 1.93. The molecular weight excluding hydrogens is 282 g/mol. The van der Waals surface area contributed by atoms with Crippen molar-refractivity contribution in [2.24, 2.45) is 18.4 Å². The Balaban J connectivity index is 2.16. The molecule has 0 saturated heterocycles. The smallest absolute Gasteiger partial charge is 0.0941 e. The molecule has 23 heavy (non-hydrogen) atoms. The molecule has 1 heterocycles. The van der Waals surface area contributed by atoms with Gasteiger partial charge in [0.25, 0.3) is 0 Å². The van der Waals surface area contributed by atoms with Crippen LogP contribution < -0.4 is 0 Å². The lowest BCUT2D eigenvalue weighted by molar-refractivity contribution is 0.138. The highest BCUT2D eigenvalue weighted by Crippen LogP contribution is 2.57. The lowest BCUT2D eigenvalue weighted by Crippen LogP contribution is -2.44. The average Bonchev–Trinajstić information content (AvgIpc) is 3.14. The van der Waals surface area contributed by atoms with Crippen LogP contribution in [0, 0.1) is 22.7 Å². The maximum atomic E-state index is 9.34. The third-order valence-corrected chi connectivity index (χ3v) is 6.17. The van der Waals surface area contributed by atoms with Crippen molar-refractivity contribution >= 4 is 0 Å². The molecule has 0 amide bonds. The highest BCUT2D eigenvalue weighted by molar-refractivity contribution is 5.39. The topological polar surface area (TPSA) is 41.6 Å². The molecule has 0 radical (unpaired) electrons. The summed E-state index contributed by atoms with van der Waals surface area (Å²) in [4.78, 5) is 0. The van der Waals surface area contributed by atoms with Gasteiger partial charge < -0.3 is 0 Å². The molecule has 122 valence electrons. The van der Waals surface area contributed by atoms with Gasteiger partial charge in [-0.3, -0.25) is 4.68 Å². The van der Waals surface area contributed by atoms with Crippen molar-refractivity contribution in [1.29, 1.82) is 5.26 Å². The van der Waals surface area contributed by atoms with Gasteiger partial charge in [0.15, 0.2) is 0 Å². The van der Waals surface area contributed by atoms with Crippen LogP contribution in [-0.4, -0.2) is 9.78 Å². The fourth-order valence-corrected chi connectivity index (χ4v) is 5.20. The van der Waals surface area contributed by atoms with Crippen molar-refractivity contribution in [1.82, 2.24) is 9.78 Å². The maximum Gasteiger partial charge on any atom is 0.0941 e. The number of hydrogen-bond acceptors (Lipinski definition) is 2. The summed E-state index contributed by atoms with van der Waals surface area (Å²) in [6.45, 7) is 8.40. The van der Waals surface area contributed by atoms with Crippen molar-refractivity contribution < 1.29 is 0 Å². The number of nitrogens with zero attached hydrogens (tertiary/aromatic N) is 3. The third-order valence-electron chi connectivity index (χ3n) is 6.17.